The van der Waals surface area contributed by atoms with Gasteiger partial charge in [0.1, 0.15) is 0 Å². The molecule has 0 spiro atoms. The highest BCUT2D eigenvalue weighted by molar-refractivity contribution is 8.01. The van der Waals surface area contributed by atoms with Crippen LogP contribution >= 0.6 is 23.1 Å². The summed E-state index contributed by atoms with van der Waals surface area (Å²) >= 11 is 2.91. The van der Waals surface area contributed by atoms with E-state index in [1.807, 2.05) is 9.80 Å². The Bertz CT molecular complexity index is 582. The average Bonchev–Trinajstić information content (AvgIpc) is 3.37. The Labute approximate surface area is 150 Å². The van der Waals surface area contributed by atoms with Crippen molar-refractivity contribution < 1.29 is 9.59 Å². The predicted molar refractivity (Wildman–Crippen MR) is 95.3 cm³/mol. The van der Waals surface area contributed by atoms with Crippen molar-refractivity contribution in [3.63, 3.8) is 0 Å². The first-order valence-corrected chi connectivity index (χ1v) is 10.2. The van der Waals surface area contributed by atoms with Crippen molar-refractivity contribution in [1.82, 2.24) is 20.0 Å². The van der Waals surface area contributed by atoms with E-state index in [0.29, 0.717) is 31.9 Å². The lowest BCUT2D eigenvalue weighted by Crippen LogP contribution is -2.51. The molecule has 1 aliphatic heterocycles. The van der Waals surface area contributed by atoms with Crippen LogP contribution in [-0.2, 0) is 9.59 Å². The predicted octanol–water partition coefficient (Wildman–Crippen LogP) is 1.53. The van der Waals surface area contributed by atoms with E-state index in [9.17, 15) is 9.59 Å². The standard InChI is InChI=1S/C15H23N5O2S2/c1-2-5-16-14-17-18-15(24-14)23-10-12(21)19-6-8-20(9-7-19)13(22)11-3-4-11/h11H,2-10H2,1H3,(H,16,17). The molecule has 2 fully saturated rings. The van der Waals surface area contributed by atoms with Crippen molar-refractivity contribution in [2.45, 2.75) is 30.5 Å². The molecule has 0 aromatic carbocycles. The fourth-order valence-corrected chi connectivity index (χ4v) is 4.23. The first-order valence-electron chi connectivity index (χ1n) is 8.44. The normalized spacial score (nSPS) is 17.9. The van der Waals surface area contributed by atoms with Crippen LogP contribution in [0.1, 0.15) is 26.2 Å². The Kier molecular flexibility index (Phi) is 5.94. The summed E-state index contributed by atoms with van der Waals surface area (Å²) in [5.74, 6) is 1.02. The van der Waals surface area contributed by atoms with Crippen molar-refractivity contribution in [3.8, 4) is 0 Å². The van der Waals surface area contributed by atoms with Crippen molar-refractivity contribution in [2.24, 2.45) is 5.92 Å². The third-order valence-electron chi connectivity index (χ3n) is 4.12. The van der Waals surface area contributed by atoms with E-state index in [0.717, 1.165) is 35.3 Å². The molecule has 1 aromatic rings. The monoisotopic (exact) mass is 369 g/mol. The first kappa shape index (κ1) is 17.5. The van der Waals surface area contributed by atoms with Gasteiger partial charge in [0.15, 0.2) is 4.34 Å². The van der Waals surface area contributed by atoms with E-state index in [2.05, 4.69) is 22.4 Å². The van der Waals surface area contributed by atoms with Crippen LogP contribution in [0.2, 0.25) is 0 Å². The van der Waals surface area contributed by atoms with Crippen molar-refractivity contribution >= 4 is 40.0 Å². The highest BCUT2D eigenvalue weighted by Gasteiger charge is 2.35. The van der Waals surface area contributed by atoms with Crippen molar-refractivity contribution in [2.75, 3.05) is 43.8 Å². The minimum Gasteiger partial charge on any atom is -0.360 e. The van der Waals surface area contributed by atoms with E-state index in [1.165, 1.54) is 23.1 Å². The average molecular weight is 370 g/mol. The molecule has 3 rings (SSSR count). The molecule has 132 valence electrons. The second kappa shape index (κ2) is 8.15. The van der Waals surface area contributed by atoms with Crippen LogP contribution in [0.15, 0.2) is 4.34 Å². The highest BCUT2D eigenvalue weighted by atomic mass is 32.2. The number of amides is 2. The maximum absolute atomic E-state index is 12.3. The summed E-state index contributed by atoms with van der Waals surface area (Å²) in [4.78, 5) is 28.1. The molecular weight excluding hydrogens is 346 g/mol. The van der Waals surface area contributed by atoms with Crippen LogP contribution < -0.4 is 5.32 Å². The lowest BCUT2D eigenvalue weighted by atomic mass is 10.2. The summed E-state index contributed by atoms with van der Waals surface area (Å²) in [5, 5.41) is 12.2. The first-order chi connectivity index (χ1) is 11.7. The fourth-order valence-electron chi connectivity index (χ4n) is 2.55. The number of aromatic nitrogens is 2. The molecule has 1 N–H and O–H groups in total. The molecule has 1 saturated carbocycles. The molecule has 0 bridgehead atoms. The SMILES string of the molecule is CCCNc1nnc(SCC(=O)N2CCN(C(=O)C3CC3)CC2)s1. The maximum Gasteiger partial charge on any atom is 0.233 e. The third-order valence-corrected chi connectivity index (χ3v) is 6.12. The lowest BCUT2D eigenvalue weighted by molar-refractivity contribution is -0.139. The summed E-state index contributed by atoms with van der Waals surface area (Å²) in [6, 6.07) is 0. The molecule has 1 aliphatic carbocycles. The van der Waals surface area contributed by atoms with Crippen LogP contribution in [0.25, 0.3) is 0 Å². The van der Waals surface area contributed by atoms with Crippen LogP contribution in [0.5, 0.6) is 0 Å². The zero-order valence-corrected chi connectivity index (χ0v) is 15.5. The summed E-state index contributed by atoms with van der Waals surface area (Å²) in [7, 11) is 0. The Balaban J connectivity index is 1.39. The van der Waals surface area contributed by atoms with Crippen LogP contribution in [-0.4, -0.2) is 70.3 Å². The molecule has 24 heavy (non-hydrogen) atoms. The van der Waals surface area contributed by atoms with Gasteiger partial charge in [0, 0.05) is 38.6 Å². The van der Waals surface area contributed by atoms with Gasteiger partial charge in [-0.05, 0) is 19.3 Å². The van der Waals surface area contributed by atoms with E-state index in [1.54, 1.807) is 0 Å². The summed E-state index contributed by atoms with van der Waals surface area (Å²) < 4.78 is 0.810. The molecule has 2 aliphatic rings. The zero-order chi connectivity index (χ0) is 16.9. The summed E-state index contributed by atoms with van der Waals surface area (Å²) in [5.41, 5.74) is 0. The van der Waals surface area contributed by atoms with Crippen LogP contribution in [0.4, 0.5) is 5.13 Å². The fraction of sp³-hybridized carbons (Fsp3) is 0.733. The Morgan fingerprint density at radius 1 is 1.21 bits per heavy atom. The van der Waals surface area contributed by atoms with Crippen molar-refractivity contribution in [1.29, 1.82) is 0 Å². The quantitative estimate of drug-likeness (QED) is 0.735. The Hall–Kier alpha value is -1.35. The molecular formula is C15H23N5O2S2. The van der Waals surface area contributed by atoms with E-state index >= 15 is 0 Å². The topological polar surface area (TPSA) is 78.4 Å². The van der Waals surface area contributed by atoms with Gasteiger partial charge in [0.05, 0.1) is 5.75 Å². The van der Waals surface area contributed by atoms with Crippen molar-refractivity contribution in [3.05, 3.63) is 0 Å². The number of nitrogens with one attached hydrogen (secondary N) is 1. The molecule has 2 heterocycles. The molecule has 0 unspecified atom stereocenters. The van der Waals surface area contributed by atoms with Gasteiger partial charge in [0.2, 0.25) is 16.9 Å². The van der Waals surface area contributed by atoms with Gasteiger partial charge in [-0.15, -0.1) is 10.2 Å². The third kappa shape index (κ3) is 4.60. The van der Waals surface area contributed by atoms with Crippen LogP contribution in [0, 0.1) is 5.92 Å². The number of carbonyl (C=O) groups is 2. The smallest absolute Gasteiger partial charge is 0.233 e. The van der Waals surface area contributed by atoms with Gasteiger partial charge >= 0.3 is 0 Å². The second-order valence-electron chi connectivity index (χ2n) is 6.07. The number of nitrogens with zero attached hydrogens (tertiary/aromatic N) is 4. The van der Waals surface area contributed by atoms with Gasteiger partial charge < -0.3 is 15.1 Å². The molecule has 2 amide bonds. The van der Waals surface area contributed by atoms with E-state index < -0.39 is 0 Å². The number of hydrogen-bond acceptors (Lipinski definition) is 7. The van der Waals surface area contributed by atoms with E-state index in [-0.39, 0.29) is 17.7 Å². The molecule has 1 aromatic heterocycles. The maximum atomic E-state index is 12.3. The molecule has 7 nitrogen and oxygen atoms in total. The Morgan fingerprint density at radius 2 is 1.92 bits per heavy atom. The van der Waals surface area contributed by atoms with Gasteiger partial charge in [-0.1, -0.05) is 30.0 Å². The number of hydrogen-bond donors (Lipinski definition) is 1. The largest absolute Gasteiger partial charge is 0.360 e. The number of rotatable bonds is 7. The number of thioether (sulfide) groups is 1. The molecule has 0 radical (unpaired) electrons. The molecule has 1 saturated heterocycles. The van der Waals surface area contributed by atoms with Gasteiger partial charge in [-0.3, -0.25) is 9.59 Å². The minimum atomic E-state index is 0.108. The zero-order valence-electron chi connectivity index (χ0n) is 13.9. The van der Waals surface area contributed by atoms with Gasteiger partial charge in [-0.2, -0.15) is 0 Å². The highest BCUT2D eigenvalue weighted by Crippen LogP contribution is 2.31. The van der Waals surface area contributed by atoms with Crippen LogP contribution in [0.3, 0.4) is 0 Å². The molecule has 0 atom stereocenters. The number of piperazine rings is 1. The minimum absolute atomic E-state index is 0.108. The lowest BCUT2D eigenvalue weighted by Gasteiger charge is -2.34. The second-order valence-corrected chi connectivity index (χ2v) is 8.27. The van der Waals surface area contributed by atoms with Gasteiger partial charge in [-0.25, -0.2) is 0 Å². The van der Waals surface area contributed by atoms with Gasteiger partial charge in [0.25, 0.3) is 0 Å². The van der Waals surface area contributed by atoms with E-state index in [4.69, 9.17) is 0 Å². The summed E-state index contributed by atoms with van der Waals surface area (Å²) in [6.07, 6.45) is 3.10. The molecule has 9 heteroatoms. The Morgan fingerprint density at radius 3 is 2.58 bits per heavy atom. The number of anilines is 1. The number of carbonyl (C=O) groups excluding carboxylic acids is 2. The summed E-state index contributed by atoms with van der Waals surface area (Å²) in [6.45, 7) is 5.57.